The van der Waals surface area contributed by atoms with E-state index in [4.69, 9.17) is 10.00 Å². The number of ether oxygens (including phenoxy) is 1. The average Bonchev–Trinajstić information content (AvgIpc) is 3.36. The van der Waals surface area contributed by atoms with Crippen molar-refractivity contribution in [3.63, 3.8) is 0 Å². The summed E-state index contributed by atoms with van der Waals surface area (Å²) < 4.78 is 31.9. The first-order valence-electron chi connectivity index (χ1n) is 8.14. The molecule has 0 radical (unpaired) electrons. The highest BCUT2D eigenvalue weighted by Gasteiger charge is 2.45. The molecule has 6 nitrogen and oxygen atoms in total. The predicted octanol–water partition coefficient (Wildman–Crippen LogP) is 1.68. The number of carbonyl (C=O) groups excluding carboxylic acids is 1. The Kier molecular flexibility index (Phi) is 4.88. The summed E-state index contributed by atoms with van der Waals surface area (Å²) in [5.41, 5.74) is 1.45. The fourth-order valence-corrected chi connectivity index (χ4v) is 4.44. The number of amides is 1. The molecule has 3 atom stereocenters. The topological polar surface area (TPSA) is 96.3 Å². The van der Waals surface area contributed by atoms with Gasteiger partial charge in [-0.05, 0) is 49.3 Å². The van der Waals surface area contributed by atoms with Crippen LogP contribution in [0.3, 0.4) is 0 Å². The van der Waals surface area contributed by atoms with Crippen LogP contribution in [0.4, 0.5) is 0 Å². The van der Waals surface area contributed by atoms with E-state index >= 15 is 0 Å². The van der Waals surface area contributed by atoms with Gasteiger partial charge in [-0.2, -0.15) is 5.26 Å². The smallest absolute Gasteiger partial charge is 0.237 e. The zero-order valence-corrected chi connectivity index (χ0v) is 14.1. The van der Waals surface area contributed by atoms with Gasteiger partial charge in [0.05, 0.1) is 23.5 Å². The Balaban J connectivity index is 1.56. The zero-order chi connectivity index (χ0) is 17.2. The zero-order valence-electron chi connectivity index (χ0n) is 13.3. The molecule has 1 aromatic carbocycles. The number of nitriles is 1. The summed E-state index contributed by atoms with van der Waals surface area (Å²) in [6.45, 7) is 0.577. The van der Waals surface area contributed by atoms with E-state index in [0.29, 0.717) is 25.0 Å². The van der Waals surface area contributed by atoms with Crippen LogP contribution in [0.1, 0.15) is 42.7 Å². The van der Waals surface area contributed by atoms with Gasteiger partial charge >= 0.3 is 0 Å². The number of hydrogen-bond donors (Lipinski definition) is 1. The van der Waals surface area contributed by atoms with Gasteiger partial charge in [-0.1, -0.05) is 12.1 Å². The lowest BCUT2D eigenvalue weighted by atomic mass is 10.1. The van der Waals surface area contributed by atoms with E-state index in [1.807, 2.05) is 6.07 Å². The number of hydrogen-bond acceptors (Lipinski definition) is 5. The molecule has 0 spiro atoms. The molecular weight excluding hydrogens is 328 g/mol. The van der Waals surface area contributed by atoms with Crippen LogP contribution in [0.5, 0.6) is 0 Å². The van der Waals surface area contributed by atoms with E-state index in [1.165, 1.54) is 0 Å². The lowest BCUT2D eigenvalue weighted by Crippen LogP contribution is -2.39. The Morgan fingerprint density at radius 2 is 2.21 bits per heavy atom. The third-order valence-corrected chi connectivity index (χ3v) is 5.83. The van der Waals surface area contributed by atoms with Gasteiger partial charge in [-0.3, -0.25) is 9.52 Å². The third-order valence-electron chi connectivity index (χ3n) is 4.51. The van der Waals surface area contributed by atoms with Crippen molar-refractivity contribution in [2.45, 2.75) is 37.7 Å². The normalized spacial score (nSPS) is 26.4. The molecule has 1 heterocycles. The van der Waals surface area contributed by atoms with Crippen LogP contribution < -0.4 is 4.72 Å². The van der Waals surface area contributed by atoms with Crippen molar-refractivity contribution in [3.05, 3.63) is 35.4 Å². The van der Waals surface area contributed by atoms with E-state index in [9.17, 15) is 13.2 Å². The molecule has 128 valence electrons. The second-order valence-corrected chi connectivity index (χ2v) is 8.19. The number of nitrogens with one attached hydrogen (secondary N) is 1. The highest BCUT2D eigenvalue weighted by Crippen LogP contribution is 2.47. The minimum absolute atomic E-state index is 0.0144. The maximum absolute atomic E-state index is 12.2. The van der Waals surface area contributed by atoms with Crippen LogP contribution >= 0.6 is 0 Å². The molecule has 7 heteroatoms. The lowest BCUT2D eigenvalue weighted by Gasteiger charge is -2.22. The summed E-state index contributed by atoms with van der Waals surface area (Å²) in [5.74, 6) is -0.987. The largest absolute Gasteiger partial charge is 0.377 e. The van der Waals surface area contributed by atoms with E-state index in [-0.39, 0.29) is 23.7 Å². The highest BCUT2D eigenvalue weighted by molar-refractivity contribution is 7.90. The molecule has 1 saturated heterocycles. The molecular formula is C17H20N2O4S. The monoisotopic (exact) mass is 348 g/mol. The Hall–Kier alpha value is -1.91. The van der Waals surface area contributed by atoms with E-state index in [2.05, 4.69) is 10.8 Å². The van der Waals surface area contributed by atoms with Gasteiger partial charge in [0.15, 0.2) is 0 Å². The van der Waals surface area contributed by atoms with Crippen LogP contribution in [0.15, 0.2) is 24.3 Å². The summed E-state index contributed by atoms with van der Waals surface area (Å²) in [6, 6.07) is 9.16. The minimum Gasteiger partial charge on any atom is -0.377 e. The number of benzene rings is 1. The standard InChI is InChI=1S/C17H20N2O4S/c18-10-12-4-3-5-13(8-12)15-9-16(15)17(20)19-24(21,22)11-14-6-1-2-7-23-14/h3-5,8,14-16H,1-2,6-7,9,11H2,(H,19,20)/t14-,15+,16+/m1/s1. The molecule has 0 bridgehead atoms. The molecule has 1 aliphatic heterocycles. The molecule has 1 saturated carbocycles. The van der Waals surface area contributed by atoms with Crippen LogP contribution in [-0.4, -0.2) is 32.8 Å². The van der Waals surface area contributed by atoms with E-state index in [0.717, 1.165) is 18.4 Å². The van der Waals surface area contributed by atoms with Gasteiger partial charge in [0.25, 0.3) is 0 Å². The highest BCUT2D eigenvalue weighted by atomic mass is 32.2. The maximum Gasteiger partial charge on any atom is 0.237 e. The molecule has 2 aliphatic rings. The second kappa shape index (κ2) is 6.91. The fraction of sp³-hybridized carbons (Fsp3) is 0.529. The van der Waals surface area contributed by atoms with Gasteiger partial charge in [0.1, 0.15) is 0 Å². The van der Waals surface area contributed by atoms with E-state index in [1.54, 1.807) is 18.2 Å². The van der Waals surface area contributed by atoms with Crippen LogP contribution in [0.25, 0.3) is 0 Å². The second-order valence-electron chi connectivity index (χ2n) is 6.42. The minimum atomic E-state index is -3.68. The van der Waals surface area contributed by atoms with E-state index < -0.39 is 15.9 Å². The molecule has 0 unspecified atom stereocenters. The summed E-state index contributed by atoms with van der Waals surface area (Å²) in [5, 5.41) is 8.93. The number of rotatable bonds is 5. The predicted molar refractivity (Wildman–Crippen MR) is 87.5 cm³/mol. The molecule has 1 aromatic rings. The Morgan fingerprint density at radius 3 is 2.92 bits per heavy atom. The fourth-order valence-electron chi connectivity index (χ4n) is 3.15. The van der Waals surface area contributed by atoms with Crippen molar-refractivity contribution in [1.29, 1.82) is 5.26 Å². The molecule has 1 amide bonds. The van der Waals surface area contributed by atoms with Crippen molar-refractivity contribution in [3.8, 4) is 6.07 Å². The number of sulfonamides is 1. The summed E-state index contributed by atoms with van der Waals surface area (Å²) in [4.78, 5) is 12.2. The first-order valence-corrected chi connectivity index (χ1v) is 9.80. The van der Waals surface area contributed by atoms with Crippen molar-refractivity contribution >= 4 is 15.9 Å². The van der Waals surface area contributed by atoms with Crippen LogP contribution in [0.2, 0.25) is 0 Å². The van der Waals surface area contributed by atoms with Crippen molar-refractivity contribution in [2.24, 2.45) is 5.92 Å². The van der Waals surface area contributed by atoms with Crippen molar-refractivity contribution < 1.29 is 17.9 Å². The van der Waals surface area contributed by atoms with Gasteiger partial charge < -0.3 is 4.74 Å². The summed E-state index contributed by atoms with van der Waals surface area (Å²) >= 11 is 0. The van der Waals surface area contributed by atoms with Gasteiger partial charge in [0.2, 0.25) is 15.9 Å². The number of carbonyl (C=O) groups is 1. The van der Waals surface area contributed by atoms with Crippen LogP contribution in [-0.2, 0) is 19.6 Å². The molecule has 24 heavy (non-hydrogen) atoms. The summed E-state index contributed by atoms with van der Waals surface area (Å²) in [6.07, 6.45) is 2.90. The van der Waals surface area contributed by atoms with Crippen molar-refractivity contribution in [1.82, 2.24) is 4.72 Å². The SMILES string of the molecule is N#Cc1cccc([C@@H]2C[C@@H]2C(=O)NS(=O)(=O)C[C@H]2CCCCO2)c1. The Morgan fingerprint density at radius 1 is 1.38 bits per heavy atom. The third kappa shape index (κ3) is 4.13. The quantitative estimate of drug-likeness (QED) is 0.873. The maximum atomic E-state index is 12.2. The molecule has 0 aromatic heterocycles. The van der Waals surface area contributed by atoms with Gasteiger partial charge in [-0.25, -0.2) is 8.42 Å². The lowest BCUT2D eigenvalue weighted by molar-refractivity contribution is -0.120. The van der Waals surface area contributed by atoms with Crippen LogP contribution in [0, 0.1) is 17.2 Å². The van der Waals surface area contributed by atoms with Gasteiger partial charge in [-0.15, -0.1) is 0 Å². The molecule has 2 fully saturated rings. The number of nitrogens with zero attached hydrogens (tertiary/aromatic N) is 1. The Bertz CT molecular complexity index is 763. The molecule has 3 rings (SSSR count). The Labute approximate surface area is 141 Å². The molecule has 1 aliphatic carbocycles. The van der Waals surface area contributed by atoms with Gasteiger partial charge in [0, 0.05) is 12.5 Å². The average molecular weight is 348 g/mol. The first kappa shape index (κ1) is 16.9. The first-order chi connectivity index (χ1) is 11.5. The molecule has 1 N–H and O–H groups in total. The van der Waals surface area contributed by atoms with Crippen molar-refractivity contribution in [2.75, 3.05) is 12.4 Å². The summed E-state index contributed by atoms with van der Waals surface area (Å²) in [7, 11) is -3.68.